The third-order valence-electron chi connectivity index (χ3n) is 1.71. The second-order valence-corrected chi connectivity index (χ2v) is 4.44. The van der Waals surface area contributed by atoms with Crippen LogP contribution in [-0.4, -0.2) is 37.4 Å². The zero-order chi connectivity index (χ0) is 12.1. The summed E-state index contributed by atoms with van der Waals surface area (Å²) in [5, 5.41) is 0. The van der Waals surface area contributed by atoms with Crippen LogP contribution >= 0.6 is 19.0 Å². The lowest BCUT2D eigenvalue weighted by Gasteiger charge is -2.13. The average Bonchev–Trinajstić information content (AvgIpc) is 2.61. The minimum atomic E-state index is -1.76. The number of esters is 2. The van der Waals surface area contributed by atoms with Gasteiger partial charge in [0.15, 0.2) is 12.2 Å². The molecular weight excluding hydrogens is 259 g/mol. The van der Waals surface area contributed by atoms with Crippen molar-refractivity contribution in [2.45, 2.75) is 26.1 Å². The Morgan fingerprint density at radius 1 is 1.12 bits per heavy atom. The molecule has 0 aliphatic carbocycles. The number of halogens is 1. The molecule has 92 valence electrons. The van der Waals surface area contributed by atoms with Crippen molar-refractivity contribution >= 4 is 30.9 Å². The predicted molar refractivity (Wildman–Crippen MR) is 55.8 cm³/mol. The van der Waals surface area contributed by atoms with Gasteiger partial charge in [0.25, 0.3) is 7.73 Å². The molecule has 0 aromatic rings. The van der Waals surface area contributed by atoms with Gasteiger partial charge in [-0.2, -0.15) is 0 Å². The van der Waals surface area contributed by atoms with Crippen LogP contribution in [0.5, 0.6) is 0 Å². The first-order valence-corrected chi connectivity index (χ1v) is 6.81. The van der Waals surface area contributed by atoms with Crippen LogP contribution < -0.4 is 0 Å². The first-order chi connectivity index (χ1) is 7.60. The van der Waals surface area contributed by atoms with Crippen molar-refractivity contribution in [2.75, 3.05) is 13.2 Å². The van der Waals surface area contributed by atoms with Crippen LogP contribution in [0.2, 0.25) is 0 Å². The van der Waals surface area contributed by atoms with Gasteiger partial charge in [-0.3, -0.25) is 0 Å². The number of hydrogen-bond donors (Lipinski definition) is 0. The molecule has 1 rings (SSSR count). The summed E-state index contributed by atoms with van der Waals surface area (Å²) in [6.45, 7) is 3.68. The number of ether oxygens (including phenoxy) is 2. The molecule has 0 amide bonds. The van der Waals surface area contributed by atoms with Crippen LogP contribution in [-0.2, 0) is 28.1 Å². The van der Waals surface area contributed by atoms with Crippen molar-refractivity contribution in [1.82, 2.24) is 0 Å². The number of carbonyl (C=O) groups excluding carboxylic acids is 2. The highest BCUT2D eigenvalue weighted by atomic mass is 35.7. The van der Waals surface area contributed by atoms with E-state index in [4.69, 9.17) is 29.8 Å². The summed E-state index contributed by atoms with van der Waals surface area (Å²) in [5.74, 6) is -1.35. The summed E-state index contributed by atoms with van der Waals surface area (Å²) in [4.78, 5) is 22.9. The van der Waals surface area contributed by atoms with Gasteiger partial charge >= 0.3 is 11.9 Å². The third kappa shape index (κ3) is 3.28. The molecule has 0 radical (unpaired) electrons. The van der Waals surface area contributed by atoms with E-state index in [1.165, 1.54) is 0 Å². The molecule has 1 fully saturated rings. The third-order valence-corrected chi connectivity index (χ3v) is 2.97. The first-order valence-electron chi connectivity index (χ1n) is 4.72. The number of hydrogen-bond acceptors (Lipinski definition) is 6. The zero-order valence-electron chi connectivity index (χ0n) is 8.84. The highest BCUT2D eigenvalue weighted by Crippen LogP contribution is 2.53. The molecule has 1 aliphatic rings. The Bertz CT molecular complexity index is 247. The molecule has 0 N–H and O–H groups in total. The molecule has 0 saturated carbocycles. The molecule has 2 atom stereocenters. The lowest BCUT2D eigenvalue weighted by Crippen LogP contribution is -2.39. The average molecular weight is 271 g/mol. The molecule has 16 heavy (non-hydrogen) atoms. The Morgan fingerprint density at radius 3 is 1.81 bits per heavy atom. The Kier molecular flexibility index (Phi) is 5.41. The zero-order valence-corrected chi connectivity index (χ0v) is 10.5. The topological polar surface area (TPSA) is 71.1 Å². The van der Waals surface area contributed by atoms with Crippen molar-refractivity contribution in [2.24, 2.45) is 0 Å². The van der Waals surface area contributed by atoms with Crippen LogP contribution in [0.1, 0.15) is 13.8 Å². The normalized spacial score (nSPS) is 25.4. The summed E-state index contributed by atoms with van der Waals surface area (Å²) < 4.78 is 19.4. The highest BCUT2D eigenvalue weighted by molar-refractivity contribution is 7.76. The first kappa shape index (κ1) is 13.6. The summed E-state index contributed by atoms with van der Waals surface area (Å²) in [6, 6.07) is 0. The van der Waals surface area contributed by atoms with E-state index in [1.54, 1.807) is 13.8 Å². The lowest BCUT2D eigenvalue weighted by molar-refractivity contribution is -0.163. The molecule has 6 nitrogen and oxygen atoms in total. The van der Waals surface area contributed by atoms with E-state index in [-0.39, 0.29) is 13.2 Å². The van der Waals surface area contributed by atoms with Crippen LogP contribution in [0.25, 0.3) is 0 Å². The molecule has 8 heteroatoms. The SMILES string of the molecule is CCOC(=O)[C@H]1OP(Cl)O[C@@H]1C(=O)OCC. The van der Waals surface area contributed by atoms with Crippen molar-refractivity contribution < 1.29 is 28.1 Å². The summed E-state index contributed by atoms with van der Waals surface area (Å²) in [7, 11) is -1.76. The highest BCUT2D eigenvalue weighted by Gasteiger charge is 2.47. The lowest BCUT2D eigenvalue weighted by atomic mass is 10.2. The van der Waals surface area contributed by atoms with Gasteiger partial charge in [-0.1, -0.05) is 0 Å². The van der Waals surface area contributed by atoms with E-state index in [1.807, 2.05) is 0 Å². The molecule has 1 aliphatic heterocycles. The monoisotopic (exact) mass is 270 g/mol. The van der Waals surface area contributed by atoms with Crippen molar-refractivity contribution in [3.63, 3.8) is 0 Å². The van der Waals surface area contributed by atoms with Gasteiger partial charge in [0.2, 0.25) is 0 Å². The van der Waals surface area contributed by atoms with Crippen LogP contribution in [0.15, 0.2) is 0 Å². The summed E-state index contributed by atoms with van der Waals surface area (Å²) >= 11 is 5.59. The largest absolute Gasteiger partial charge is 0.464 e. The van der Waals surface area contributed by atoms with Crippen molar-refractivity contribution in [3.05, 3.63) is 0 Å². The van der Waals surface area contributed by atoms with E-state index >= 15 is 0 Å². The Morgan fingerprint density at radius 2 is 1.50 bits per heavy atom. The minimum absolute atomic E-state index is 0.189. The van der Waals surface area contributed by atoms with Gasteiger partial charge in [-0.25, -0.2) is 9.59 Å². The van der Waals surface area contributed by atoms with Crippen LogP contribution in [0, 0.1) is 0 Å². The van der Waals surface area contributed by atoms with Gasteiger partial charge in [0, 0.05) is 0 Å². The second kappa shape index (κ2) is 6.35. The molecule has 0 aromatic heterocycles. The van der Waals surface area contributed by atoms with Crippen LogP contribution in [0.3, 0.4) is 0 Å². The standard InChI is InChI=1S/C8H12ClO6P/c1-3-12-7(10)5-6(8(11)13-4-2)15-16(9)14-5/h5-6H,3-4H2,1-2H3/t5-,6-/m0/s1. The van der Waals surface area contributed by atoms with Gasteiger partial charge in [-0.15, -0.1) is 0 Å². The number of rotatable bonds is 4. The fourth-order valence-corrected chi connectivity index (χ4v) is 2.41. The molecule has 0 aromatic carbocycles. The molecule has 1 heterocycles. The Labute approximate surface area is 98.8 Å². The number of carbonyl (C=O) groups is 2. The summed E-state index contributed by atoms with van der Waals surface area (Å²) in [5.41, 5.74) is 0. The predicted octanol–water partition coefficient (Wildman–Crippen LogP) is 1.36. The smallest absolute Gasteiger partial charge is 0.339 e. The Balaban J connectivity index is 2.66. The van der Waals surface area contributed by atoms with E-state index in [2.05, 4.69) is 0 Å². The molecule has 0 unspecified atom stereocenters. The van der Waals surface area contributed by atoms with E-state index in [0.717, 1.165) is 0 Å². The summed E-state index contributed by atoms with van der Waals surface area (Å²) in [6.07, 6.45) is -2.27. The van der Waals surface area contributed by atoms with Gasteiger partial charge < -0.3 is 18.5 Å². The van der Waals surface area contributed by atoms with Gasteiger partial charge in [-0.05, 0) is 25.1 Å². The second-order valence-electron chi connectivity index (χ2n) is 2.77. The quantitative estimate of drug-likeness (QED) is 0.567. The van der Waals surface area contributed by atoms with Gasteiger partial charge in [0.1, 0.15) is 0 Å². The maximum atomic E-state index is 11.4. The van der Waals surface area contributed by atoms with E-state index < -0.39 is 31.9 Å². The van der Waals surface area contributed by atoms with Gasteiger partial charge in [0.05, 0.1) is 13.2 Å². The minimum Gasteiger partial charge on any atom is -0.464 e. The Hall–Kier alpha value is -0.420. The maximum Gasteiger partial charge on any atom is 0.339 e. The molecule has 0 bridgehead atoms. The van der Waals surface area contributed by atoms with E-state index in [9.17, 15) is 9.59 Å². The fraction of sp³-hybridized carbons (Fsp3) is 0.750. The molecule has 0 spiro atoms. The van der Waals surface area contributed by atoms with Crippen molar-refractivity contribution in [3.8, 4) is 0 Å². The maximum absolute atomic E-state index is 11.4. The fourth-order valence-electron chi connectivity index (χ4n) is 1.10. The van der Waals surface area contributed by atoms with E-state index in [0.29, 0.717) is 0 Å². The van der Waals surface area contributed by atoms with Crippen molar-refractivity contribution in [1.29, 1.82) is 0 Å². The molecular formula is C8H12ClO6P. The molecule has 1 saturated heterocycles. The van der Waals surface area contributed by atoms with Crippen LogP contribution in [0.4, 0.5) is 0 Å².